The predicted octanol–water partition coefficient (Wildman–Crippen LogP) is -1.83. The zero-order chi connectivity index (χ0) is 24.0. The number of hydrogen-bond donors (Lipinski definition) is 4. The number of aliphatic carboxylic acids is 1. The number of nitrogens with one attached hydrogen (secondary N) is 2. The van der Waals surface area contributed by atoms with Gasteiger partial charge in [-0.15, -0.1) is 23.1 Å². The van der Waals surface area contributed by atoms with E-state index in [1.807, 2.05) is 6.07 Å². The molecule has 13 nitrogen and oxygen atoms in total. The van der Waals surface area contributed by atoms with Crippen LogP contribution in [0.1, 0.15) is 5.69 Å². The number of carbonyl (C=O) groups excluding carboxylic acids is 3. The molecule has 1 unspecified atom stereocenters. The molecule has 2 atom stereocenters. The van der Waals surface area contributed by atoms with Gasteiger partial charge in [0.05, 0.1) is 17.9 Å². The normalized spacial score (nSPS) is 20.3. The van der Waals surface area contributed by atoms with E-state index in [1.165, 1.54) is 23.5 Å². The first-order valence-corrected chi connectivity index (χ1v) is 11.8. The molecule has 0 aromatic carbocycles. The smallest absolute Gasteiger partial charge is 0.348 e. The summed E-state index contributed by atoms with van der Waals surface area (Å²) < 4.78 is 1.78. The van der Waals surface area contributed by atoms with E-state index in [2.05, 4.69) is 25.4 Å². The van der Waals surface area contributed by atoms with E-state index in [4.69, 9.17) is 5.73 Å². The van der Waals surface area contributed by atoms with Crippen molar-refractivity contribution in [2.45, 2.75) is 18.0 Å². The number of pyridine rings is 1. The third-order valence-corrected chi connectivity index (χ3v) is 7.43. The highest BCUT2D eigenvalue weighted by atomic mass is 32.2. The number of carboxylic acid groups (broad SMARTS) is 1. The number of imidazole rings is 1. The molecule has 2 aliphatic heterocycles. The van der Waals surface area contributed by atoms with Gasteiger partial charge in [0.15, 0.2) is 10.8 Å². The Morgan fingerprint density at radius 2 is 2.29 bits per heavy atom. The maximum atomic E-state index is 12.9. The van der Waals surface area contributed by atoms with Gasteiger partial charge in [-0.05, 0) is 17.1 Å². The highest BCUT2D eigenvalue weighted by Crippen LogP contribution is 2.40. The quantitative estimate of drug-likeness (QED) is 0.0990. The number of aromatic amines is 1. The Morgan fingerprint density at radius 1 is 1.47 bits per heavy atom. The largest absolute Gasteiger partial charge is 0.543 e. The second kappa shape index (κ2) is 8.42. The minimum Gasteiger partial charge on any atom is -0.543 e. The fourth-order valence-corrected chi connectivity index (χ4v) is 5.79. The van der Waals surface area contributed by atoms with Crippen LogP contribution in [0, 0.1) is 0 Å². The number of thioether (sulfide) groups is 1. The lowest BCUT2D eigenvalue weighted by molar-refractivity contribution is -0.664. The second-order valence-corrected chi connectivity index (χ2v) is 9.39. The van der Waals surface area contributed by atoms with Gasteiger partial charge in [-0.3, -0.25) is 14.5 Å². The van der Waals surface area contributed by atoms with Crippen LogP contribution in [0.3, 0.4) is 0 Å². The summed E-state index contributed by atoms with van der Waals surface area (Å²) in [5, 5.41) is 27.7. The Morgan fingerprint density at radius 3 is 3.00 bits per heavy atom. The molecule has 15 heteroatoms. The Balaban J connectivity index is 1.37. The van der Waals surface area contributed by atoms with Crippen LogP contribution in [-0.2, 0) is 20.9 Å². The third kappa shape index (κ3) is 3.54. The lowest BCUT2D eigenvalue weighted by atomic mass is 10.0. The highest BCUT2D eigenvalue weighted by molar-refractivity contribution is 8.00. The Bertz CT molecular complexity index is 1400. The molecule has 1 saturated heterocycles. The van der Waals surface area contributed by atoms with Gasteiger partial charge in [0.25, 0.3) is 11.8 Å². The molecule has 3 aromatic heterocycles. The maximum Gasteiger partial charge on any atom is 0.348 e. The van der Waals surface area contributed by atoms with Gasteiger partial charge < -0.3 is 31.1 Å². The maximum absolute atomic E-state index is 12.9. The number of β-lactam (4-membered cyclic amide) rings is 1. The van der Waals surface area contributed by atoms with E-state index >= 15 is 0 Å². The van der Waals surface area contributed by atoms with Gasteiger partial charge in [-0.2, -0.15) is 0 Å². The molecule has 34 heavy (non-hydrogen) atoms. The molecule has 5 heterocycles. The molecule has 0 radical (unpaired) electrons. The minimum atomic E-state index is -1.48. The zero-order valence-corrected chi connectivity index (χ0v) is 18.8. The van der Waals surface area contributed by atoms with E-state index in [1.54, 1.807) is 16.8 Å². The van der Waals surface area contributed by atoms with Crippen LogP contribution < -0.4 is 20.7 Å². The lowest BCUT2D eigenvalue weighted by Gasteiger charge is -2.50. The van der Waals surface area contributed by atoms with Crippen molar-refractivity contribution in [3.63, 3.8) is 0 Å². The van der Waals surface area contributed by atoms with Crippen molar-refractivity contribution < 1.29 is 29.3 Å². The first-order chi connectivity index (χ1) is 16.4. The van der Waals surface area contributed by atoms with Gasteiger partial charge in [0.2, 0.25) is 6.33 Å². The van der Waals surface area contributed by atoms with Crippen molar-refractivity contribution in [3.05, 3.63) is 47.0 Å². The number of nitrogens with zero attached hydrogens (tertiary/aromatic N) is 5. The summed E-state index contributed by atoms with van der Waals surface area (Å²) in [5.74, 6) is -2.64. The van der Waals surface area contributed by atoms with Crippen molar-refractivity contribution in [1.82, 2.24) is 25.2 Å². The number of oxime groups is 1. The number of anilines is 1. The summed E-state index contributed by atoms with van der Waals surface area (Å²) in [6.07, 6.45) is 3.30. The molecular weight excluding hydrogens is 484 g/mol. The standard InChI is InChI=1S/C19H16N8O5S2/c20-19-23-10(6-34-19)11(25-32)15(28)24-12-16(29)27-13(18(30)31)8(5-33-17(12)27)4-26-3-1-2-9-14(26)22-7-21-9/h1-3,6-7,12,17H,4-5H2,(H5,20,23,24,28,30,31,32)/t12?,17-/m0/s1. The van der Waals surface area contributed by atoms with Gasteiger partial charge in [0, 0.05) is 16.7 Å². The summed E-state index contributed by atoms with van der Waals surface area (Å²) in [6, 6.07) is 2.63. The molecule has 0 saturated carbocycles. The first kappa shape index (κ1) is 21.8. The fraction of sp³-hybridized carbons (Fsp3) is 0.211. The molecule has 3 aromatic rings. The van der Waals surface area contributed by atoms with Crippen LogP contribution in [0.25, 0.3) is 11.2 Å². The number of thiazole rings is 1. The molecule has 0 bridgehead atoms. The molecule has 2 aliphatic rings. The van der Waals surface area contributed by atoms with Gasteiger partial charge >= 0.3 is 5.65 Å². The number of fused-ring (bicyclic) bond motifs is 2. The third-order valence-electron chi connectivity index (χ3n) is 5.42. The van der Waals surface area contributed by atoms with Gasteiger partial charge in [-0.25, -0.2) is 9.55 Å². The fourth-order valence-electron chi connectivity index (χ4n) is 3.91. The van der Waals surface area contributed by atoms with Gasteiger partial charge in [0.1, 0.15) is 29.2 Å². The number of nitrogens with two attached hydrogens (primary N) is 1. The monoisotopic (exact) mass is 500 g/mol. The van der Waals surface area contributed by atoms with Gasteiger partial charge in [-0.1, -0.05) is 5.16 Å². The van der Waals surface area contributed by atoms with E-state index in [-0.39, 0.29) is 23.1 Å². The van der Waals surface area contributed by atoms with E-state index in [0.717, 1.165) is 21.8 Å². The van der Waals surface area contributed by atoms with E-state index in [9.17, 15) is 24.7 Å². The summed E-state index contributed by atoms with van der Waals surface area (Å²) in [7, 11) is 0. The van der Waals surface area contributed by atoms with Crippen molar-refractivity contribution >= 4 is 62.9 Å². The van der Waals surface area contributed by atoms with E-state index in [0.29, 0.717) is 17.0 Å². The molecule has 5 N–H and O–H groups in total. The van der Waals surface area contributed by atoms with Crippen LogP contribution in [0.5, 0.6) is 0 Å². The van der Waals surface area contributed by atoms with Crippen LogP contribution >= 0.6 is 23.1 Å². The average molecular weight is 501 g/mol. The second-order valence-electron chi connectivity index (χ2n) is 7.40. The zero-order valence-electron chi connectivity index (χ0n) is 17.2. The molecular formula is C19H16N8O5S2. The highest BCUT2D eigenvalue weighted by Gasteiger charge is 2.53. The summed E-state index contributed by atoms with van der Waals surface area (Å²) in [4.78, 5) is 49.8. The van der Waals surface area contributed by atoms with Crippen molar-refractivity contribution in [2.24, 2.45) is 5.16 Å². The van der Waals surface area contributed by atoms with Crippen LogP contribution in [0.4, 0.5) is 5.13 Å². The lowest BCUT2D eigenvalue weighted by Crippen LogP contribution is -2.71. The van der Waals surface area contributed by atoms with Crippen LogP contribution in [0.2, 0.25) is 0 Å². The molecule has 5 rings (SSSR count). The SMILES string of the molecule is Nc1nc(C(=NO)C(=O)NC2C(=O)N3C(C(=O)[O-])=C(C[n+]4cccc5[nH]cnc54)CS[C@@H]23)cs1. The van der Waals surface area contributed by atoms with Crippen LogP contribution in [0.15, 0.2) is 46.5 Å². The molecule has 1 fully saturated rings. The molecule has 174 valence electrons. The summed E-state index contributed by atoms with van der Waals surface area (Å²) >= 11 is 2.36. The number of carboxylic acids is 1. The Labute approximate surface area is 199 Å². The van der Waals surface area contributed by atoms with Crippen LogP contribution in [-0.4, -0.2) is 65.7 Å². The number of carbonyl (C=O) groups is 3. The minimum absolute atomic E-state index is 0.0598. The molecule has 0 spiro atoms. The van der Waals surface area contributed by atoms with Crippen molar-refractivity contribution in [2.75, 3.05) is 11.5 Å². The number of hydrogen-bond acceptors (Lipinski definition) is 11. The number of amides is 2. The molecule has 2 amide bonds. The number of nitrogen functional groups attached to an aromatic ring is 1. The number of H-pyrrole nitrogens is 1. The molecule has 0 aliphatic carbocycles. The summed E-state index contributed by atoms with van der Waals surface area (Å²) in [5.41, 5.74) is 6.90. The average Bonchev–Trinajstić information content (AvgIpc) is 3.47. The Hall–Kier alpha value is -3.98. The Kier molecular flexibility index (Phi) is 5.41. The summed E-state index contributed by atoms with van der Waals surface area (Å²) in [6.45, 7) is 0.193. The van der Waals surface area contributed by atoms with E-state index < -0.39 is 34.9 Å². The van der Waals surface area contributed by atoms with Crippen molar-refractivity contribution in [1.29, 1.82) is 0 Å². The first-order valence-electron chi connectivity index (χ1n) is 9.83. The number of aromatic nitrogens is 4. The number of rotatable bonds is 6. The predicted molar refractivity (Wildman–Crippen MR) is 118 cm³/mol. The topological polar surface area (TPSA) is 194 Å². The van der Waals surface area contributed by atoms with Crippen molar-refractivity contribution in [3.8, 4) is 0 Å².